The highest BCUT2D eigenvalue weighted by atomic mass is 16.5. The third-order valence-corrected chi connectivity index (χ3v) is 5.16. The number of aromatic nitrogens is 2. The van der Waals surface area contributed by atoms with Crippen LogP contribution in [-0.4, -0.2) is 61.4 Å². The second-order valence-corrected chi connectivity index (χ2v) is 6.97. The molecule has 2 fully saturated rings. The number of methoxy groups -OCH3 is 2. The summed E-state index contributed by atoms with van der Waals surface area (Å²) in [6.07, 6.45) is 2.45. The number of hydrogen-bond acceptors (Lipinski definition) is 6. The predicted molar refractivity (Wildman–Crippen MR) is 102 cm³/mol. The Hall–Kier alpha value is -2.83. The van der Waals surface area contributed by atoms with E-state index in [0.717, 1.165) is 24.6 Å². The molecular weight excluding hydrogens is 344 g/mol. The highest BCUT2D eigenvalue weighted by molar-refractivity contribution is 5.95. The van der Waals surface area contributed by atoms with Crippen LogP contribution in [0.4, 0.5) is 5.82 Å². The summed E-state index contributed by atoms with van der Waals surface area (Å²) in [5.74, 6) is 2.71. The van der Waals surface area contributed by atoms with Crippen LogP contribution in [0.15, 0.2) is 30.3 Å². The fourth-order valence-electron chi connectivity index (χ4n) is 3.35. The van der Waals surface area contributed by atoms with Crippen LogP contribution in [0.25, 0.3) is 0 Å². The molecular formula is C20H24N4O3. The third kappa shape index (κ3) is 3.82. The van der Waals surface area contributed by atoms with Gasteiger partial charge in [-0.3, -0.25) is 4.79 Å². The Balaban J connectivity index is 1.40. The summed E-state index contributed by atoms with van der Waals surface area (Å²) in [6, 6.07) is 9.39. The number of anilines is 1. The van der Waals surface area contributed by atoms with Crippen LogP contribution < -0.4 is 14.4 Å². The van der Waals surface area contributed by atoms with Crippen LogP contribution in [0.3, 0.4) is 0 Å². The van der Waals surface area contributed by atoms with Crippen molar-refractivity contribution < 1.29 is 14.3 Å². The lowest BCUT2D eigenvalue weighted by atomic mass is 10.1. The average molecular weight is 368 g/mol. The van der Waals surface area contributed by atoms with Crippen molar-refractivity contribution in [1.82, 2.24) is 15.1 Å². The van der Waals surface area contributed by atoms with E-state index in [4.69, 9.17) is 9.47 Å². The van der Waals surface area contributed by atoms with Gasteiger partial charge >= 0.3 is 0 Å². The van der Waals surface area contributed by atoms with Crippen molar-refractivity contribution in [3.8, 4) is 11.5 Å². The summed E-state index contributed by atoms with van der Waals surface area (Å²) in [4.78, 5) is 16.9. The molecule has 1 saturated heterocycles. The van der Waals surface area contributed by atoms with Gasteiger partial charge in [0.15, 0.2) is 5.82 Å². The first-order valence-electron chi connectivity index (χ1n) is 9.29. The molecule has 0 spiro atoms. The van der Waals surface area contributed by atoms with Crippen LogP contribution >= 0.6 is 0 Å². The molecule has 7 heteroatoms. The molecule has 0 unspecified atom stereocenters. The van der Waals surface area contributed by atoms with E-state index in [2.05, 4.69) is 21.2 Å². The number of amides is 1. The molecule has 2 aliphatic rings. The van der Waals surface area contributed by atoms with E-state index < -0.39 is 0 Å². The minimum Gasteiger partial charge on any atom is -0.497 e. The zero-order valence-electron chi connectivity index (χ0n) is 15.7. The maximum atomic E-state index is 12.9. The van der Waals surface area contributed by atoms with Gasteiger partial charge in [0, 0.05) is 43.7 Å². The van der Waals surface area contributed by atoms with Crippen LogP contribution in [0.5, 0.6) is 11.5 Å². The van der Waals surface area contributed by atoms with Gasteiger partial charge in [0.05, 0.1) is 19.9 Å². The van der Waals surface area contributed by atoms with Crippen LogP contribution in [0.1, 0.15) is 34.8 Å². The molecule has 0 atom stereocenters. The van der Waals surface area contributed by atoms with Crippen molar-refractivity contribution in [2.24, 2.45) is 0 Å². The Morgan fingerprint density at radius 2 is 1.63 bits per heavy atom. The highest BCUT2D eigenvalue weighted by Crippen LogP contribution is 2.38. The molecule has 0 radical (unpaired) electrons. The molecule has 0 N–H and O–H groups in total. The second-order valence-electron chi connectivity index (χ2n) is 6.97. The third-order valence-electron chi connectivity index (χ3n) is 5.16. The number of rotatable bonds is 5. The molecule has 4 rings (SSSR count). The van der Waals surface area contributed by atoms with Gasteiger partial charge in [-0.25, -0.2) is 0 Å². The largest absolute Gasteiger partial charge is 0.497 e. The van der Waals surface area contributed by atoms with E-state index in [1.807, 2.05) is 11.0 Å². The molecule has 1 amide bonds. The fraction of sp³-hybridized carbons (Fsp3) is 0.450. The van der Waals surface area contributed by atoms with Crippen LogP contribution in [0.2, 0.25) is 0 Å². The van der Waals surface area contributed by atoms with Gasteiger partial charge < -0.3 is 19.3 Å². The first kappa shape index (κ1) is 17.6. The van der Waals surface area contributed by atoms with Crippen molar-refractivity contribution in [3.63, 3.8) is 0 Å². The number of carbonyl (C=O) groups excluding carboxylic acids is 1. The minimum atomic E-state index is -0.0120. The van der Waals surface area contributed by atoms with Gasteiger partial charge in [0.2, 0.25) is 0 Å². The topological polar surface area (TPSA) is 67.8 Å². The van der Waals surface area contributed by atoms with Crippen molar-refractivity contribution in [1.29, 1.82) is 0 Å². The summed E-state index contributed by atoms with van der Waals surface area (Å²) >= 11 is 0. The Morgan fingerprint density at radius 3 is 2.15 bits per heavy atom. The Labute approximate surface area is 158 Å². The lowest BCUT2D eigenvalue weighted by Gasteiger charge is -2.35. The Morgan fingerprint density at radius 1 is 0.963 bits per heavy atom. The van der Waals surface area contributed by atoms with Gasteiger partial charge in [-0.2, -0.15) is 5.10 Å². The summed E-state index contributed by atoms with van der Waals surface area (Å²) in [5.41, 5.74) is 1.67. The normalized spacial score (nSPS) is 17.0. The predicted octanol–water partition coefficient (Wildman–Crippen LogP) is 2.33. The van der Waals surface area contributed by atoms with Gasteiger partial charge in [-0.15, -0.1) is 5.10 Å². The molecule has 1 aromatic heterocycles. The molecule has 1 saturated carbocycles. The standard InChI is InChI=1S/C20H24N4O3/c1-26-16-11-15(12-17(13-16)27-2)20(25)24-9-7-23(8-10-24)19-6-5-18(21-22-19)14-3-4-14/h5-6,11-14H,3-4,7-10H2,1-2H3. The van der Waals surface area contributed by atoms with Gasteiger partial charge in [-0.1, -0.05) is 0 Å². The average Bonchev–Trinajstić information content (AvgIpc) is 3.58. The quantitative estimate of drug-likeness (QED) is 0.807. The summed E-state index contributed by atoms with van der Waals surface area (Å²) in [6.45, 7) is 2.77. The molecule has 142 valence electrons. The number of benzene rings is 1. The molecule has 1 aliphatic heterocycles. The number of piperazine rings is 1. The van der Waals surface area contributed by atoms with E-state index in [1.54, 1.807) is 32.4 Å². The van der Waals surface area contributed by atoms with E-state index in [-0.39, 0.29) is 5.91 Å². The minimum absolute atomic E-state index is 0.0120. The zero-order valence-corrected chi connectivity index (χ0v) is 15.7. The van der Waals surface area contributed by atoms with Gasteiger partial charge in [0.25, 0.3) is 5.91 Å². The van der Waals surface area contributed by atoms with Crippen molar-refractivity contribution in [2.75, 3.05) is 45.3 Å². The fourth-order valence-corrected chi connectivity index (χ4v) is 3.35. The molecule has 1 aromatic carbocycles. The van der Waals surface area contributed by atoms with Crippen molar-refractivity contribution in [2.45, 2.75) is 18.8 Å². The van der Waals surface area contributed by atoms with Crippen molar-refractivity contribution in [3.05, 3.63) is 41.6 Å². The van der Waals surface area contributed by atoms with Crippen molar-refractivity contribution >= 4 is 11.7 Å². The smallest absolute Gasteiger partial charge is 0.254 e. The lowest BCUT2D eigenvalue weighted by molar-refractivity contribution is 0.0745. The van der Waals surface area contributed by atoms with Gasteiger partial charge in [-0.05, 0) is 37.1 Å². The molecule has 0 bridgehead atoms. The number of carbonyl (C=O) groups is 1. The Bertz CT molecular complexity index is 790. The molecule has 27 heavy (non-hydrogen) atoms. The molecule has 2 heterocycles. The summed E-state index contributed by atoms with van der Waals surface area (Å²) in [7, 11) is 3.16. The maximum absolute atomic E-state index is 12.9. The first-order valence-corrected chi connectivity index (χ1v) is 9.29. The molecule has 2 aromatic rings. The SMILES string of the molecule is COc1cc(OC)cc(C(=O)N2CCN(c3ccc(C4CC4)nn3)CC2)c1. The van der Waals surface area contributed by atoms with E-state index in [9.17, 15) is 4.79 Å². The number of nitrogens with zero attached hydrogens (tertiary/aromatic N) is 4. The molecule has 1 aliphatic carbocycles. The zero-order chi connectivity index (χ0) is 18.8. The van der Waals surface area contributed by atoms with Crippen LogP contribution in [-0.2, 0) is 0 Å². The second kappa shape index (κ2) is 7.42. The first-order chi connectivity index (χ1) is 13.2. The number of ether oxygens (including phenoxy) is 2. The monoisotopic (exact) mass is 368 g/mol. The van der Waals surface area contributed by atoms with Gasteiger partial charge in [0.1, 0.15) is 11.5 Å². The summed E-state index contributed by atoms with van der Waals surface area (Å²) < 4.78 is 10.5. The van der Waals surface area contributed by atoms with E-state index in [1.165, 1.54) is 12.8 Å². The van der Waals surface area contributed by atoms with E-state index in [0.29, 0.717) is 36.1 Å². The molecule has 7 nitrogen and oxygen atoms in total. The van der Waals surface area contributed by atoms with E-state index >= 15 is 0 Å². The number of hydrogen-bond donors (Lipinski definition) is 0. The maximum Gasteiger partial charge on any atom is 0.254 e. The lowest BCUT2D eigenvalue weighted by Crippen LogP contribution is -2.49. The highest BCUT2D eigenvalue weighted by Gasteiger charge is 2.27. The van der Waals surface area contributed by atoms with Crippen LogP contribution in [0, 0.1) is 0 Å². The summed E-state index contributed by atoms with van der Waals surface area (Å²) in [5, 5.41) is 8.73. The Kier molecular flexibility index (Phi) is 4.83.